The second kappa shape index (κ2) is 6.83. The van der Waals surface area contributed by atoms with Crippen LogP contribution in [0.15, 0.2) is 30.3 Å². The number of ether oxygens (including phenoxy) is 1. The zero-order chi connectivity index (χ0) is 16.2. The van der Waals surface area contributed by atoms with E-state index in [1.54, 1.807) is 0 Å². The average molecular weight is 314 g/mol. The summed E-state index contributed by atoms with van der Waals surface area (Å²) in [6.07, 6.45) is 2.20. The van der Waals surface area contributed by atoms with E-state index in [4.69, 9.17) is 4.74 Å². The monoisotopic (exact) mass is 314 g/mol. The number of hydrogen-bond acceptors (Lipinski definition) is 3. The van der Waals surface area contributed by atoms with E-state index >= 15 is 0 Å². The molecule has 0 saturated carbocycles. The van der Waals surface area contributed by atoms with Gasteiger partial charge in [0.25, 0.3) is 0 Å². The highest BCUT2D eigenvalue weighted by molar-refractivity contribution is 5.91. The van der Waals surface area contributed by atoms with Gasteiger partial charge in [0.15, 0.2) is 0 Å². The van der Waals surface area contributed by atoms with E-state index in [1.807, 2.05) is 48.9 Å². The summed E-state index contributed by atoms with van der Waals surface area (Å²) < 4.78 is 7.35. The number of nitrogens with zero attached hydrogens (tertiary/aromatic N) is 2. The predicted molar refractivity (Wildman–Crippen MR) is 89.0 cm³/mol. The van der Waals surface area contributed by atoms with Crippen molar-refractivity contribution in [2.24, 2.45) is 0 Å². The molecular formula is C17H22N4O2. The number of nitrogens with one attached hydrogen (secondary N) is 2. The van der Waals surface area contributed by atoms with E-state index in [2.05, 4.69) is 15.7 Å². The Hall–Kier alpha value is -2.34. The number of hydrogen-bond donors (Lipinski definition) is 2. The van der Waals surface area contributed by atoms with E-state index in [9.17, 15) is 4.79 Å². The maximum Gasteiger partial charge on any atom is 0.319 e. The Kier molecular flexibility index (Phi) is 4.62. The zero-order valence-electron chi connectivity index (χ0n) is 13.5. The Bertz CT molecular complexity index is 690. The highest BCUT2D eigenvalue weighted by atomic mass is 16.5. The summed E-state index contributed by atoms with van der Waals surface area (Å²) in [5, 5.41) is 10.3. The molecule has 1 aromatic heterocycles. The molecule has 2 amide bonds. The molecule has 6 heteroatoms. The van der Waals surface area contributed by atoms with E-state index in [-0.39, 0.29) is 12.1 Å². The van der Waals surface area contributed by atoms with Gasteiger partial charge in [-0.3, -0.25) is 0 Å². The first-order valence-corrected chi connectivity index (χ1v) is 7.92. The predicted octanol–water partition coefficient (Wildman–Crippen LogP) is 2.79. The van der Waals surface area contributed by atoms with Gasteiger partial charge in [0.1, 0.15) is 0 Å². The van der Waals surface area contributed by atoms with Crippen LogP contribution in [0.3, 0.4) is 0 Å². The van der Waals surface area contributed by atoms with Gasteiger partial charge < -0.3 is 15.4 Å². The summed E-state index contributed by atoms with van der Waals surface area (Å²) in [5.41, 5.74) is 3.55. The molecule has 1 aliphatic heterocycles. The van der Waals surface area contributed by atoms with Crippen molar-refractivity contribution in [2.45, 2.75) is 32.8 Å². The number of para-hydroxylation sites is 2. The third-order valence-electron chi connectivity index (χ3n) is 3.90. The number of benzene rings is 1. The lowest BCUT2D eigenvalue weighted by Crippen LogP contribution is -2.35. The Balaban J connectivity index is 1.70. The quantitative estimate of drug-likeness (QED) is 0.912. The van der Waals surface area contributed by atoms with Crippen molar-refractivity contribution in [3.05, 3.63) is 41.7 Å². The summed E-state index contributed by atoms with van der Waals surface area (Å²) in [7, 11) is 0. The van der Waals surface area contributed by atoms with Gasteiger partial charge in [-0.05, 0) is 44.9 Å². The fourth-order valence-corrected chi connectivity index (χ4v) is 2.82. The maximum atomic E-state index is 12.1. The first kappa shape index (κ1) is 15.6. The third kappa shape index (κ3) is 3.71. The molecule has 2 aromatic rings. The minimum Gasteiger partial charge on any atom is -0.376 e. The molecule has 122 valence electrons. The van der Waals surface area contributed by atoms with Crippen LogP contribution in [0.4, 0.5) is 10.5 Å². The molecule has 2 N–H and O–H groups in total. The Labute approximate surface area is 135 Å². The molecule has 6 nitrogen and oxygen atoms in total. The van der Waals surface area contributed by atoms with Gasteiger partial charge in [-0.2, -0.15) is 5.10 Å². The van der Waals surface area contributed by atoms with Gasteiger partial charge in [-0.15, -0.1) is 0 Å². The topological polar surface area (TPSA) is 68.2 Å². The molecule has 1 saturated heterocycles. The van der Waals surface area contributed by atoms with Crippen LogP contribution in [0.25, 0.3) is 5.69 Å². The van der Waals surface area contributed by atoms with Crippen LogP contribution in [0.5, 0.6) is 0 Å². The lowest BCUT2D eigenvalue weighted by atomic mass is 10.2. The second-order valence-electron chi connectivity index (χ2n) is 5.83. The summed E-state index contributed by atoms with van der Waals surface area (Å²) in [6.45, 7) is 5.27. The van der Waals surface area contributed by atoms with Crippen LogP contribution in [-0.4, -0.2) is 35.1 Å². The molecule has 1 aromatic carbocycles. The largest absolute Gasteiger partial charge is 0.376 e. The van der Waals surface area contributed by atoms with E-state index in [0.29, 0.717) is 6.54 Å². The smallest absolute Gasteiger partial charge is 0.319 e. The molecule has 2 heterocycles. The molecule has 0 bridgehead atoms. The van der Waals surface area contributed by atoms with E-state index in [1.165, 1.54) is 0 Å². The first-order valence-electron chi connectivity index (χ1n) is 7.92. The molecule has 23 heavy (non-hydrogen) atoms. The highest BCUT2D eigenvalue weighted by Gasteiger charge is 2.17. The van der Waals surface area contributed by atoms with Gasteiger partial charge in [-0.25, -0.2) is 9.48 Å². The number of amides is 2. The first-order chi connectivity index (χ1) is 11.1. The molecule has 0 spiro atoms. The van der Waals surface area contributed by atoms with Crippen LogP contribution in [0, 0.1) is 13.8 Å². The van der Waals surface area contributed by atoms with Crippen molar-refractivity contribution < 1.29 is 9.53 Å². The third-order valence-corrected chi connectivity index (χ3v) is 3.90. The summed E-state index contributed by atoms with van der Waals surface area (Å²) in [4.78, 5) is 12.1. The number of rotatable bonds is 4. The molecule has 1 fully saturated rings. The Morgan fingerprint density at radius 2 is 2.22 bits per heavy atom. The highest BCUT2D eigenvalue weighted by Crippen LogP contribution is 2.21. The summed E-state index contributed by atoms with van der Waals surface area (Å²) in [5.74, 6) is 0. The lowest BCUT2D eigenvalue weighted by Gasteiger charge is -2.14. The van der Waals surface area contributed by atoms with Crippen molar-refractivity contribution in [3.8, 4) is 5.69 Å². The molecule has 1 atom stereocenters. The van der Waals surface area contributed by atoms with Crippen molar-refractivity contribution >= 4 is 11.7 Å². The van der Waals surface area contributed by atoms with Crippen molar-refractivity contribution in [1.29, 1.82) is 0 Å². The fourth-order valence-electron chi connectivity index (χ4n) is 2.82. The van der Waals surface area contributed by atoms with Gasteiger partial charge >= 0.3 is 6.03 Å². The SMILES string of the molecule is Cc1cc(C)n(-c2ccccc2NC(=O)NCC2CCCO2)n1. The van der Waals surface area contributed by atoms with Crippen LogP contribution in [0.1, 0.15) is 24.2 Å². The van der Waals surface area contributed by atoms with Crippen LogP contribution < -0.4 is 10.6 Å². The minimum absolute atomic E-state index is 0.131. The molecular weight excluding hydrogens is 292 g/mol. The van der Waals surface area contributed by atoms with E-state index < -0.39 is 0 Å². The molecule has 1 unspecified atom stereocenters. The van der Waals surface area contributed by atoms with Crippen LogP contribution in [0.2, 0.25) is 0 Å². The Morgan fingerprint density at radius 3 is 2.91 bits per heavy atom. The number of anilines is 1. The van der Waals surface area contributed by atoms with Crippen LogP contribution >= 0.6 is 0 Å². The number of urea groups is 1. The molecule has 1 aliphatic rings. The lowest BCUT2D eigenvalue weighted by molar-refractivity contribution is 0.112. The molecule has 3 rings (SSSR count). The summed E-state index contributed by atoms with van der Waals surface area (Å²) >= 11 is 0. The normalized spacial score (nSPS) is 17.2. The summed E-state index contributed by atoms with van der Waals surface area (Å²) in [6, 6.07) is 9.42. The second-order valence-corrected chi connectivity index (χ2v) is 5.83. The minimum atomic E-state index is -0.227. The molecule has 0 radical (unpaired) electrons. The van der Waals surface area contributed by atoms with E-state index in [0.717, 1.165) is 42.2 Å². The number of aromatic nitrogens is 2. The number of carbonyl (C=O) groups is 1. The number of aryl methyl sites for hydroxylation is 2. The van der Waals surface area contributed by atoms with Crippen molar-refractivity contribution in [3.63, 3.8) is 0 Å². The van der Waals surface area contributed by atoms with Crippen molar-refractivity contribution in [1.82, 2.24) is 15.1 Å². The van der Waals surface area contributed by atoms with Crippen LogP contribution in [-0.2, 0) is 4.74 Å². The fraction of sp³-hybridized carbons (Fsp3) is 0.412. The van der Waals surface area contributed by atoms with Gasteiger partial charge in [0.2, 0.25) is 0 Å². The van der Waals surface area contributed by atoms with Gasteiger partial charge in [0, 0.05) is 18.8 Å². The number of carbonyl (C=O) groups excluding carboxylic acids is 1. The average Bonchev–Trinajstić information content (AvgIpc) is 3.15. The van der Waals surface area contributed by atoms with Crippen molar-refractivity contribution in [2.75, 3.05) is 18.5 Å². The standard InChI is InChI=1S/C17H22N4O2/c1-12-10-13(2)21(20-12)16-8-4-3-7-15(16)19-17(22)18-11-14-6-5-9-23-14/h3-4,7-8,10,14H,5-6,9,11H2,1-2H3,(H2,18,19,22). The van der Waals surface area contributed by atoms with Gasteiger partial charge in [0.05, 0.1) is 23.2 Å². The van der Waals surface area contributed by atoms with Gasteiger partial charge in [-0.1, -0.05) is 12.1 Å². The Morgan fingerprint density at radius 1 is 1.39 bits per heavy atom. The zero-order valence-corrected chi connectivity index (χ0v) is 13.5. The molecule has 0 aliphatic carbocycles. The maximum absolute atomic E-state index is 12.1.